The lowest BCUT2D eigenvalue weighted by Crippen LogP contribution is -2.25. The van der Waals surface area contributed by atoms with Crippen molar-refractivity contribution >= 4 is 11.0 Å². The van der Waals surface area contributed by atoms with Crippen LogP contribution in [-0.4, -0.2) is 7.11 Å². The fraction of sp³-hybridized carbons (Fsp3) is 0.524. The van der Waals surface area contributed by atoms with Crippen molar-refractivity contribution in [3.63, 3.8) is 0 Å². The zero-order chi connectivity index (χ0) is 16.2. The summed E-state index contributed by atoms with van der Waals surface area (Å²) >= 11 is 0. The first kappa shape index (κ1) is 14.9. The second-order valence-corrected chi connectivity index (χ2v) is 7.87. The summed E-state index contributed by atoms with van der Waals surface area (Å²) in [6, 6.07) is 6.22. The molecule has 2 atom stereocenters. The Morgan fingerprint density at radius 3 is 2.87 bits per heavy atom. The van der Waals surface area contributed by atoms with Gasteiger partial charge in [0.2, 0.25) is 0 Å². The Morgan fingerprint density at radius 2 is 2.09 bits per heavy atom. The third-order valence-electron chi connectivity index (χ3n) is 5.90. The minimum Gasteiger partial charge on any atom is -0.497 e. The Bertz CT molecular complexity index is 778. The number of furan rings is 1. The monoisotopic (exact) mass is 310 g/mol. The highest BCUT2D eigenvalue weighted by atomic mass is 16.5. The molecule has 0 spiro atoms. The predicted molar refractivity (Wildman–Crippen MR) is 94.3 cm³/mol. The van der Waals surface area contributed by atoms with Crippen molar-refractivity contribution in [2.45, 2.75) is 58.3 Å². The molecule has 2 aliphatic carbocycles. The lowest BCUT2D eigenvalue weighted by atomic mass is 9.66. The van der Waals surface area contributed by atoms with Gasteiger partial charge in [0.15, 0.2) is 0 Å². The molecule has 1 unspecified atom stereocenters. The van der Waals surface area contributed by atoms with Crippen LogP contribution in [0.5, 0.6) is 5.75 Å². The average molecular weight is 310 g/mol. The van der Waals surface area contributed by atoms with E-state index in [-0.39, 0.29) is 0 Å². The smallest absolute Gasteiger partial charge is 0.134 e. The minimum absolute atomic E-state index is 0.298. The number of hydrogen-bond acceptors (Lipinski definition) is 2. The Labute approximate surface area is 138 Å². The van der Waals surface area contributed by atoms with Crippen molar-refractivity contribution in [3.8, 4) is 5.75 Å². The molecule has 0 aliphatic heterocycles. The van der Waals surface area contributed by atoms with E-state index >= 15 is 0 Å². The molecule has 1 aromatic carbocycles. The van der Waals surface area contributed by atoms with Crippen molar-refractivity contribution in [2.75, 3.05) is 7.11 Å². The molecule has 1 saturated carbocycles. The van der Waals surface area contributed by atoms with E-state index in [9.17, 15) is 0 Å². The molecule has 1 aromatic heterocycles. The zero-order valence-corrected chi connectivity index (χ0v) is 14.6. The van der Waals surface area contributed by atoms with Gasteiger partial charge in [0, 0.05) is 22.8 Å². The predicted octanol–water partition coefficient (Wildman–Crippen LogP) is 6.17. The van der Waals surface area contributed by atoms with Crippen molar-refractivity contribution in [3.05, 3.63) is 41.2 Å². The lowest BCUT2D eigenvalue weighted by molar-refractivity contribution is 0.314. The molecule has 4 rings (SSSR count). The van der Waals surface area contributed by atoms with Crippen LogP contribution in [0.4, 0.5) is 0 Å². The van der Waals surface area contributed by atoms with E-state index in [1.54, 1.807) is 12.7 Å². The van der Waals surface area contributed by atoms with E-state index in [1.165, 1.54) is 36.0 Å². The summed E-state index contributed by atoms with van der Waals surface area (Å²) in [4.78, 5) is 0. The summed E-state index contributed by atoms with van der Waals surface area (Å²) in [5.74, 6) is 3.06. The van der Waals surface area contributed by atoms with Gasteiger partial charge in [-0.3, -0.25) is 0 Å². The molecule has 0 N–H and O–H groups in total. The third kappa shape index (κ3) is 2.22. The fourth-order valence-corrected chi connectivity index (χ4v) is 4.62. The molecule has 0 radical (unpaired) electrons. The van der Waals surface area contributed by atoms with Crippen LogP contribution in [0.25, 0.3) is 11.0 Å². The van der Waals surface area contributed by atoms with Crippen LogP contribution in [0.15, 0.2) is 34.3 Å². The lowest BCUT2D eigenvalue weighted by Gasteiger charge is -2.38. The highest BCUT2D eigenvalue weighted by Gasteiger charge is 2.39. The van der Waals surface area contributed by atoms with E-state index in [1.807, 2.05) is 6.07 Å². The first-order valence-electron chi connectivity index (χ1n) is 8.82. The van der Waals surface area contributed by atoms with E-state index in [0.29, 0.717) is 17.3 Å². The van der Waals surface area contributed by atoms with Gasteiger partial charge in [0.05, 0.1) is 7.11 Å². The number of hydrogen-bond donors (Lipinski definition) is 0. The molecular formula is C21H26O2. The zero-order valence-electron chi connectivity index (χ0n) is 14.6. The van der Waals surface area contributed by atoms with E-state index in [4.69, 9.17) is 9.15 Å². The molecule has 1 fully saturated rings. The standard InChI is InChI=1S/C21H26O2/c1-13-7-9-17-15(6-5-11-21(17,2)3)19-16-12-14(22-4)8-10-18(16)23-20(13)19/h8-10,12-13,15H,5-7,11H2,1-4H3/t13-,15?/m0/s1. The van der Waals surface area contributed by atoms with Crippen LogP contribution < -0.4 is 4.74 Å². The van der Waals surface area contributed by atoms with Crippen LogP contribution in [0.3, 0.4) is 0 Å². The topological polar surface area (TPSA) is 22.4 Å². The number of fused-ring (bicyclic) bond motifs is 5. The van der Waals surface area contributed by atoms with Gasteiger partial charge in [-0.25, -0.2) is 0 Å². The first-order chi connectivity index (χ1) is 11.0. The maximum Gasteiger partial charge on any atom is 0.134 e. The van der Waals surface area contributed by atoms with Crippen molar-refractivity contribution < 1.29 is 9.15 Å². The fourth-order valence-electron chi connectivity index (χ4n) is 4.62. The maximum absolute atomic E-state index is 6.31. The highest BCUT2D eigenvalue weighted by Crippen LogP contribution is 2.54. The first-order valence-corrected chi connectivity index (χ1v) is 8.82. The van der Waals surface area contributed by atoms with Gasteiger partial charge in [-0.15, -0.1) is 0 Å². The van der Waals surface area contributed by atoms with Gasteiger partial charge in [-0.2, -0.15) is 0 Å². The second kappa shape index (κ2) is 5.15. The Morgan fingerprint density at radius 1 is 1.26 bits per heavy atom. The van der Waals surface area contributed by atoms with Crippen molar-refractivity contribution in [1.29, 1.82) is 0 Å². The van der Waals surface area contributed by atoms with Gasteiger partial charge in [0.25, 0.3) is 0 Å². The maximum atomic E-state index is 6.31. The summed E-state index contributed by atoms with van der Waals surface area (Å²) < 4.78 is 11.8. The van der Waals surface area contributed by atoms with Gasteiger partial charge in [-0.1, -0.05) is 38.8 Å². The van der Waals surface area contributed by atoms with Crippen LogP contribution >= 0.6 is 0 Å². The number of benzene rings is 1. The number of ether oxygens (including phenoxy) is 1. The summed E-state index contributed by atoms with van der Waals surface area (Å²) in [5, 5.41) is 1.25. The van der Waals surface area contributed by atoms with Gasteiger partial charge in [0.1, 0.15) is 17.1 Å². The Hall–Kier alpha value is -1.70. The van der Waals surface area contributed by atoms with E-state index in [2.05, 4.69) is 39.0 Å². The summed E-state index contributed by atoms with van der Waals surface area (Å²) in [7, 11) is 1.73. The number of allylic oxidation sites excluding steroid dienone is 2. The normalized spacial score (nSPS) is 26.2. The van der Waals surface area contributed by atoms with Gasteiger partial charge in [-0.05, 0) is 42.9 Å². The quantitative estimate of drug-likeness (QED) is 0.588. The molecule has 2 aromatic rings. The Kier molecular flexibility index (Phi) is 3.33. The van der Waals surface area contributed by atoms with E-state index < -0.39 is 0 Å². The summed E-state index contributed by atoms with van der Waals surface area (Å²) in [6.07, 6.45) is 7.41. The summed E-state index contributed by atoms with van der Waals surface area (Å²) in [5.41, 5.74) is 4.36. The molecule has 122 valence electrons. The third-order valence-corrected chi connectivity index (χ3v) is 5.90. The van der Waals surface area contributed by atoms with Crippen LogP contribution in [0.1, 0.15) is 69.6 Å². The molecule has 1 heterocycles. The highest BCUT2D eigenvalue weighted by molar-refractivity contribution is 5.85. The Balaban J connectivity index is 1.97. The van der Waals surface area contributed by atoms with Crippen molar-refractivity contribution in [1.82, 2.24) is 0 Å². The molecule has 0 bridgehead atoms. The molecule has 2 nitrogen and oxygen atoms in total. The molecule has 23 heavy (non-hydrogen) atoms. The molecule has 2 heteroatoms. The van der Waals surface area contributed by atoms with E-state index in [0.717, 1.165) is 17.8 Å². The second-order valence-electron chi connectivity index (χ2n) is 7.87. The SMILES string of the molecule is COc1ccc2oc3c(c2c1)C1CCCC(C)(C)C1=CC[C@@H]3C. The number of rotatable bonds is 1. The largest absolute Gasteiger partial charge is 0.497 e. The van der Waals surface area contributed by atoms with Crippen LogP contribution in [0, 0.1) is 5.41 Å². The molecular weight excluding hydrogens is 284 g/mol. The molecule has 2 aliphatic rings. The van der Waals surface area contributed by atoms with Gasteiger partial charge >= 0.3 is 0 Å². The van der Waals surface area contributed by atoms with Crippen LogP contribution in [-0.2, 0) is 0 Å². The average Bonchev–Trinajstić information content (AvgIpc) is 2.84. The summed E-state index contributed by atoms with van der Waals surface area (Å²) in [6.45, 7) is 7.10. The molecule has 0 saturated heterocycles. The van der Waals surface area contributed by atoms with Gasteiger partial charge < -0.3 is 9.15 Å². The van der Waals surface area contributed by atoms with Crippen molar-refractivity contribution in [2.24, 2.45) is 5.41 Å². The molecule has 0 amide bonds. The number of methoxy groups -OCH3 is 1. The minimum atomic E-state index is 0.298. The van der Waals surface area contributed by atoms with Crippen LogP contribution in [0.2, 0.25) is 0 Å².